The number of carbonyl (C=O) groups excluding carboxylic acids is 2. The minimum absolute atomic E-state index is 0.00680. The summed E-state index contributed by atoms with van der Waals surface area (Å²) >= 11 is 0. The highest BCUT2D eigenvalue weighted by Gasteiger charge is 2.69. The van der Waals surface area contributed by atoms with Gasteiger partial charge in [-0.05, 0) is 61.2 Å². The normalized spacial score (nSPS) is 25.2. The summed E-state index contributed by atoms with van der Waals surface area (Å²) in [7, 11) is 0. The Bertz CT molecular complexity index is 1730. The van der Waals surface area contributed by atoms with E-state index >= 15 is 0 Å². The molecule has 7 heteroatoms. The van der Waals surface area contributed by atoms with E-state index in [1.165, 1.54) is 12.1 Å². The van der Waals surface area contributed by atoms with Gasteiger partial charge in [0.05, 0.1) is 10.8 Å². The number of Topliss-reactive ketones (excluding diaryl/α,β-unsaturated/α-hetero) is 1. The highest BCUT2D eigenvalue weighted by molar-refractivity contribution is 6.13. The largest absolute Gasteiger partial charge is 0.324 e. The molecule has 2 saturated heterocycles. The van der Waals surface area contributed by atoms with E-state index in [9.17, 15) is 19.7 Å². The molecule has 1 amide bonds. The minimum atomic E-state index is -1.16. The number of aryl methyl sites for hydroxylation is 2. The third-order valence-corrected chi connectivity index (χ3v) is 9.26. The summed E-state index contributed by atoms with van der Waals surface area (Å²) in [5.41, 5.74) is 3.94. The van der Waals surface area contributed by atoms with E-state index in [1.54, 1.807) is 12.1 Å². The molecule has 0 bridgehead atoms. The average molecular weight is 532 g/mol. The summed E-state index contributed by atoms with van der Waals surface area (Å²) in [6, 6.07) is 24.3. The molecule has 7 nitrogen and oxygen atoms in total. The Morgan fingerprint density at radius 1 is 1.00 bits per heavy atom. The molecule has 40 heavy (non-hydrogen) atoms. The fourth-order valence-electron chi connectivity index (χ4n) is 7.73. The van der Waals surface area contributed by atoms with E-state index in [0.717, 1.165) is 51.6 Å². The van der Waals surface area contributed by atoms with Gasteiger partial charge in [0.25, 0.3) is 5.69 Å². The van der Waals surface area contributed by atoms with Gasteiger partial charge in [0.2, 0.25) is 5.91 Å². The number of benzene rings is 4. The van der Waals surface area contributed by atoms with Crippen molar-refractivity contribution in [2.45, 2.75) is 44.2 Å². The molecule has 4 atom stereocenters. The predicted molar refractivity (Wildman–Crippen MR) is 154 cm³/mol. The summed E-state index contributed by atoms with van der Waals surface area (Å²) in [5.74, 6) is -1.25. The molecule has 4 aromatic carbocycles. The Kier molecular flexibility index (Phi) is 5.44. The SMILES string of the molecule is Cc1cc(C)c2c(c1)[C@]1(C(=O)N2)C(C(=O)c2ccc3ccccc3c2)C(c2ccc([N+](=O)[O-])cc2)C2CCCN21. The van der Waals surface area contributed by atoms with E-state index < -0.39 is 16.4 Å². The van der Waals surface area contributed by atoms with Crippen LogP contribution in [0.15, 0.2) is 78.9 Å². The van der Waals surface area contributed by atoms with Crippen molar-refractivity contribution in [3.05, 3.63) is 117 Å². The Labute approximate surface area is 232 Å². The van der Waals surface area contributed by atoms with E-state index in [1.807, 2.05) is 56.3 Å². The second kappa shape index (κ2) is 8.83. The minimum Gasteiger partial charge on any atom is -0.324 e. The van der Waals surface area contributed by atoms with Crippen LogP contribution in [0.2, 0.25) is 0 Å². The molecule has 0 saturated carbocycles. The standard InChI is InChI=1S/C33H29N3O4/c1-19-16-20(2)30-26(17-19)33(32(38)34-30)29(31(37)24-10-9-21-6-3-4-7-23(21)18-24)28(27-8-5-15-35(27)33)22-11-13-25(14-12-22)36(39)40/h3-4,6-7,9-14,16-18,27-29H,5,8,15H2,1-2H3,(H,34,38)/t27?,28?,29?,33-/m1/s1. The van der Waals surface area contributed by atoms with E-state index in [-0.39, 0.29) is 29.3 Å². The summed E-state index contributed by atoms with van der Waals surface area (Å²) in [4.78, 5) is 42.5. The molecule has 1 spiro atoms. The molecule has 1 N–H and O–H groups in total. The highest BCUT2D eigenvalue weighted by atomic mass is 16.6. The molecule has 3 aliphatic rings. The molecule has 2 fully saturated rings. The van der Waals surface area contributed by atoms with Gasteiger partial charge in [0, 0.05) is 40.9 Å². The Balaban J connectivity index is 1.48. The van der Waals surface area contributed by atoms with Gasteiger partial charge in [-0.2, -0.15) is 0 Å². The molecular weight excluding hydrogens is 502 g/mol. The number of ketones is 1. The number of nitro groups is 1. The number of anilines is 1. The summed E-state index contributed by atoms with van der Waals surface area (Å²) in [5, 5.41) is 16.6. The number of nitrogens with zero attached hydrogens (tertiary/aromatic N) is 2. The van der Waals surface area contributed by atoms with E-state index in [4.69, 9.17) is 0 Å². The van der Waals surface area contributed by atoms with Crippen molar-refractivity contribution in [1.82, 2.24) is 4.90 Å². The highest BCUT2D eigenvalue weighted by Crippen LogP contribution is 2.61. The molecule has 3 unspecified atom stereocenters. The summed E-state index contributed by atoms with van der Waals surface area (Å²) in [6.45, 7) is 4.72. The maximum absolute atomic E-state index is 14.9. The van der Waals surface area contributed by atoms with Gasteiger partial charge in [-0.15, -0.1) is 0 Å². The van der Waals surface area contributed by atoms with Crippen LogP contribution in [0.3, 0.4) is 0 Å². The van der Waals surface area contributed by atoms with Crippen LogP contribution in [0.4, 0.5) is 11.4 Å². The number of hydrogen-bond acceptors (Lipinski definition) is 5. The summed E-state index contributed by atoms with van der Waals surface area (Å²) < 4.78 is 0. The van der Waals surface area contributed by atoms with Gasteiger partial charge in [-0.25, -0.2) is 0 Å². The average Bonchev–Trinajstić information content (AvgIpc) is 3.61. The van der Waals surface area contributed by atoms with Crippen LogP contribution in [-0.2, 0) is 10.3 Å². The molecule has 3 aliphatic heterocycles. The zero-order valence-corrected chi connectivity index (χ0v) is 22.4. The van der Waals surface area contributed by atoms with Crippen molar-refractivity contribution >= 4 is 33.8 Å². The van der Waals surface area contributed by atoms with Crippen LogP contribution in [0.25, 0.3) is 10.8 Å². The molecule has 0 radical (unpaired) electrons. The molecule has 3 heterocycles. The number of amides is 1. The fraction of sp³-hybridized carbons (Fsp3) is 0.273. The molecule has 200 valence electrons. The Morgan fingerprint density at radius 2 is 1.75 bits per heavy atom. The van der Waals surface area contributed by atoms with Crippen molar-refractivity contribution < 1.29 is 14.5 Å². The third-order valence-electron chi connectivity index (χ3n) is 9.26. The van der Waals surface area contributed by atoms with Crippen molar-refractivity contribution in [3.63, 3.8) is 0 Å². The van der Waals surface area contributed by atoms with E-state index in [2.05, 4.69) is 22.3 Å². The number of carbonyl (C=O) groups is 2. The lowest BCUT2D eigenvalue weighted by molar-refractivity contribution is -0.384. The lowest BCUT2D eigenvalue weighted by atomic mass is 9.68. The predicted octanol–water partition coefficient (Wildman–Crippen LogP) is 6.27. The van der Waals surface area contributed by atoms with Crippen LogP contribution >= 0.6 is 0 Å². The number of non-ortho nitro benzene ring substituents is 1. The first-order valence-electron chi connectivity index (χ1n) is 13.8. The maximum atomic E-state index is 14.9. The van der Waals surface area contributed by atoms with Crippen molar-refractivity contribution in [1.29, 1.82) is 0 Å². The third kappa shape index (κ3) is 3.34. The van der Waals surface area contributed by atoms with Crippen LogP contribution in [-0.4, -0.2) is 34.1 Å². The van der Waals surface area contributed by atoms with Gasteiger partial charge < -0.3 is 5.32 Å². The second-order valence-corrected chi connectivity index (χ2v) is 11.4. The van der Waals surface area contributed by atoms with Gasteiger partial charge >= 0.3 is 0 Å². The number of fused-ring (bicyclic) bond motifs is 5. The quantitative estimate of drug-likeness (QED) is 0.190. The number of hydrogen-bond donors (Lipinski definition) is 1. The number of rotatable bonds is 4. The topological polar surface area (TPSA) is 92.5 Å². The molecule has 0 aliphatic carbocycles. The van der Waals surface area contributed by atoms with Crippen LogP contribution in [0, 0.1) is 29.9 Å². The Hall–Kier alpha value is -4.36. The van der Waals surface area contributed by atoms with E-state index in [0.29, 0.717) is 12.1 Å². The number of nitro benzene ring substituents is 1. The molecular formula is C33H29N3O4. The van der Waals surface area contributed by atoms with Crippen molar-refractivity contribution in [2.75, 3.05) is 11.9 Å². The molecule has 7 rings (SSSR count). The first kappa shape index (κ1) is 24.7. The number of nitrogens with one attached hydrogen (secondary N) is 1. The monoisotopic (exact) mass is 531 g/mol. The second-order valence-electron chi connectivity index (χ2n) is 11.4. The van der Waals surface area contributed by atoms with Crippen LogP contribution < -0.4 is 5.32 Å². The van der Waals surface area contributed by atoms with Crippen molar-refractivity contribution in [3.8, 4) is 0 Å². The Morgan fingerprint density at radius 3 is 2.50 bits per heavy atom. The maximum Gasteiger partial charge on any atom is 0.269 e. The van der Waals surface area contributed by atoms with Gasteiger partial charge in [0.15, 0.2) is 5.78 Å². The lowest BCUT2D eigenvalue weighted by Crippen LogP contribution is -2.52. The van der Waals surface area contributed by atoms with Crippen LogP contribution in [0.5, 0.6) is 0 Å². The zero-order chi connectivity index (χ0) is 27.8. The van der Waals surface area contributed by atoms with Gasteiger partial charge in [-0.3, -0.25) is 24.6 Å². The first-order valence-corrected chi connectivity index (χ1v) is 13.8. The summed E-state index contributed by atoms with van der Waals surface area (Å²) in [6.07, 6.45) is 1.76. The van der Waals surface area contributed by atoms with Gasteiger partial charge in [-0.1, -0.05) is 66.2 Å². The molecule has 0 aromatic heterocycles. The lowest BCUT2D eigenvalue weighted by Gasteiger charge is -2.37. The van der Waals surface area contributed by atoms with Crippen LogP contribution in [0.1, 0.15) is 51.4 Å². The molecule has 4 aromatic rings. The smallest absolute Gasteiger partial charge is 0.269 e. The fourth-order valence-corrected chi connectivity index (χ4v) is 7.73. The van der Waals surface area contributed by atoms with Crippen molar-refractivity contribution in [2.24, 2.45) is 5.92 Å². The zero-order valence-electron chi connectivity index (χ0n) is 22.4. The first-order chi connectivity index (χ1) is 19.3. The van der Waals surface area contributed by atoms with Gasteiger partial charge in [0.1, 0.15) is 5.54 Å².